The summed E-state index contributed by atoms with van der Waals surface area (Å²) in [7, 11) is 0. The highest BCUT2D eigenvalue weighted by Crippen LogP contribution is 2.50. The number of hydrazone groups is 1. The van der Waals surface area contributed by atoms with Gasteiger partial charge in [-0.1, -0.05) is 23.9 Å². The number of hydrogen-bond acceptors (Lipinski definition) is 7. The average molecular weight is 280 g/mol. The van der Waals surface area contributed by atoms with E-state index in [1.165, 1.54) is 29.6 Å². The van der Waals surface area contributed by atoms with E-state index in [0.29, 0.717) is 10.7 Å². The molecule has 1 aromatic rings. The second-order valence-corrected chi connectivity index (χ2v) is 5.64. The van der Waals surface area contributed by atoms with Gasteiger partial charge in [0, 0.05) is 11.5 Å². The molecule has 0 spiro atoms. The zero-order valence-electron chi connectivity index (χ0n) is 9.02. The number of benzene rings is 1. The van der Waals surface area contributed by atoms with Gasteiger partial charge in [0.2, 0.25) is 0 Å². The highest BCUT2D eigenvalue weighted by molar-refractivity contribution is 8.18. The van der Waals surface area contributed by atoms with Crippen molar-refractivity contribution >= 4 is 34.4 Å². The Kier molecular flexibility index (Phi) is 2.67. The number of nitrogens with two attached hydrogens (primary N) is 1. The van der Waals surface area contributed by atoms with Gasteiger partial charge >= 0.3 is 0 Å². The predicted octanol–water partition coefficient (Wildman–Crippen LogP) is 2.42. The lowest BCUT2D eigenvalue weighted by Gasteiger charge is -2.19. The van der Waals surface area contributed by atoms with Crippen molar-refractivity contribution in [3.05, 3.63) is 50.4 Å². The van der Waals surface area contributed by atoms with Crippen LogP contribution in [0.1, 0.15) is 10.9 Å². The molecular formula is C10H8N4O2S2. The highest BCUT2D eigenvalue weighted by Gasteiger charge is 2.36. The van der Waals surface area contributed by atoms with E-state index in [-0.39, 0.29) is 16.0 Å². The summed E-state index contributed by atoms with van der Waals surface area (Å²) in [5, 5.41) is 20.0. The Morgan fingerprint density at radius 1 is 1.44 bits per heavy atom. The molecule has 3 rings (SSSR count). The zero-order valence-corrected chi connectivity index (χ0v) is 10.6. The van der Waals surface area contributed by atoms with E-state index in [0.717, 1.165) is 5.03 Å². The van der Waals surface area contributed by atoms with E-state index in [2.05, 4.69) is 5.10 Å². The van der Waals surface area contributed by atoms with Crippen molar-refractivity contribution in [1.29, 1.82) is 0 Å². The zero-order chi connectivity index (χ0) is 12.7. The molecule has 92 valence electrons. The summed E-state index contributed by atoms with van der Waals surface area (Å²) >= 11 is 2.87. The maximum Gasteiger partial charge on any atom is 0.275 e. The Labute approximate surface area is 111 Å². The molecule has 0 saturated carbocycles. The first-order valence-electron chi connectivity index (χ1n) is 5.07. The summed E-state index contributed by atoms with van der Waals surface area (Å²) in [6.07, 6.45) is 0. The minimum absolute atomic E-state index is 0.107. The third-order valence-corrected chi connectivity index (χ3v) is 4.59. The molecular weight excluding hydrogens is 272 g/mol. The lowest BCUT2D eigenvalue weighted by atomic mass is 10.2. The summed E-state index contributed by atoms with van der Waals surface area (Å²) in [5.74, 6) is 0. The van der Waals surface area contributed by atoms with Gasteiger partial charge in [-0.3, -0.25) is 10.1 Å². The second kappa shape index (κ2) is 4.21. The van der Waals surface area contributed by atoms with Crippen LogP contribution in [0.4, 0.5) is 5.69 Å². The van der Waals surface area contributed by atoms with Crippen molar-refractivity contribution in [2.24, 2.45) is 10.8 Å². The second-order valence-electron chi connectivity index (χ2n) is 3.65. The van der Waals surface area contributed by atoms with Crippen LogP contribution >= 0.6 is 23.5 Å². The molecule has 8 heteroatoms. The quantitative estimate of drug-likeness (QED) is 0.661. The van der Waals surface area contributed by atoms with Crippen molar-refractivity contribution in [1.82, 2.24) is 5.01 Å². The third kappa shape index (κ3) is 1.73. The minimum Gasteiger partial charge on any atom is -0.377 e. The number of nitro benzene ring substituents is 1. The third-order valence-electron chi connectivity index (χ3n) is 2.56. The summed E-state index contributed by atoms with van der Waals surface area (Å²) in [6.45, 7) is 0. The minimum atomic E-state index is -0.371. The largest absolute Gasteiger partial charge is 0.377 e. The van der Waals surface area contributed by atoms with E-state index in [1.54, 1.807) is 23.2 Å². The molecule has 18 heavy (non-hydrogen) atoms. The lowest BCUT2D eigenvalue weighted by Crippen LogP contribution is -2.14. The van der Waals surface area contributed by atoms with E-state index >= 15 is 0 Å². The molecule has 0 aliphatic carbocycles. The van der Waals surface area contributed by atoms with E-state index in [1.807, 2.05) is 5.41 Å². The summed E-state index contributed by atoms with van der Waals surface area (Å²) < 4.78 is 0. The lowest BCUT2D eigenvalue weighted by molar-refractivity contribution is -0.385. The molecule has 0 amide bonds. The molecule has 1 unspecified atom stereocenters. The molecule has 0 saturated heterocycles. The Morgan fingerprint density at radius 3 is 3.00 bits per heavy atom. The fourth-order valence-electron chi connectivity index (χ4n) is 1.82. The summed E-state index contributed by atoms with van der Waals surface area (Å²) in [4.78, 5) is 10.7. The molecule has 2 heterocycles. The fourth-order valence-corrected chi connectivity index (χ4v) is 3.81. The Hall–Kier alpha value is -1.67. The molecule has 2 N–H and O–H groups in total. The van der Waals surface area contributed by atoms with Crippen LogP contribution in [0, 0.1) is 10.1 Å². The number of rotatable bonds is 2. The van der Waals surface area contributed by atoms with Crippen LogP contribution in [0.3, 0.4) is 0 Å². The molecule has 2 aliphatic rings. The topological polar surface area (TPSA) is 84.8 Å². The number of amidine groups is 1. The van der Waals surface area contributed by atoms with Gasteiger partial charge in [-0.05, 0) is 17.8 Å². The van der Waals surface area contributed by atoms with Crippen molar-refractivity contribution in [3.8, 4) is 0 Å². The van der Waals surface area contributed by atoms with Crippen LogP contribution in [-0.2, 0) is 0 Å². The normalized spacial score (nSPS) is 21.6. The molecule has 1 atom stereocenters. The molecule has 6 nitrogen and oxygen atoms in total. The number of hydrogen-bond donors (Lipinski definition) is 1. The van der Waals surface area contributed by atoms with Crippen molar-refractivity contribution in [3.63, 3.8) is 0 Å². The number of nitro groups is 1. The molecule has 2 aliphatic heterocycles. The maximum atomic E-state index is 11.0. The van der Waals surface area contributed by atoms with Gasteiger partial charge in [-0.15, -0.1) is 5.10 Å². The first-order chi connectivity index (χ1) is 8.66. The SMILES string of the molecule is NC1=NN2C(=CSC2c2ccccc2[N+](=O)[O-])S1. The van der Waals surface area contributed by atoms with Crippen molar-refractivity contribution < 1.29 is 4.92 Å². The smallest absolute Gasteiger partial charge is 0.275 e. The van der Waals surface area contributed by atoms with E-state index < -0.39 is 0 Å². The standard InChI is InChI=1S/C10H8N4O2S2/c11-10-12-13-8(18-10)5-17-9(13)6-3-1-2-4-7(6)14(15)16/h1-5,9H,(H2,11,12). The van der Waals surface area contributed by atoms with Gasteiger partial charge in [-0.25, -0.2) is 5.01 Å². The van der Waals surface area contributed by atoms with Crippen molar-refractivity contribution in [2.45, 2.75) is 5.37 Å². The molecule has 1 aromatic carbocycles. The van der Waals surface area contributed by atoms with Crippen LogP contribution in [0.2, 0.25) is 0 Å². The highest BCUT2D eigenvalue weighted by atomic mass is 32.2. The fraction of sp³-hybridized carbons (Fsp3) is 0.100. The van der Waals surface area contributed by atoms with Gasteiger partial charge < -0.3 is 5.73 Å². The van der Waals surface area contributed by atoms with Crippen LogP contribution in [0.5, 0.6) is 0 Å². The van der Waals surface area contributed by atoms with Crippen molar-refractivity contribution in [2.75, 3.05) is 0 Å². The number of thioether (sulfide) groups is 2. The van der Waals surface area contributed by atoms with Gasteiger partial charge in [0.15, 0.2) is 5.17 Å². The van der Waals surface area contributed by atoms with Crippen LogP contribution in [0.15, 0.2) is 39.8 Å². The maximum absolute atomic E-state index is 11.0. The Bertz CT molecular complexity index is 587. The first-order valence-corrected chi connectivity index (χ1v) is 6.83. The first kappa shape index (κ1) is 11.4. The van der Waals surface area contributed by atoms with Gasteiger partial charge in [0.25, 0.3) is 5.69 Å². The van der Waals surface area contributed by atoms with Crippen LogP contribution < -0.4 is 5.73 Å². The number of nitrogens with zero attached hydrogens (tertiary/aromatic N) is 3. The van der Waals surface area contributed by atoms with E-state index in [9.17, 15) is 10.1 Å². The molecule has 0 bridgehead atoms. The summed E-state index contributed by atoms with van der Waals surface area (Å²) in [5.41, 5.74) is 6.39. The Balaban J connectivity index is 2.00. The molecule has 0 fully saturated rings. The monoisotopic (exact) mass is 280 g/mol. The van der Waals surface area contributed by atoms with Gasteiger partial charge in [0.1, 0.15) is 10.4 Å². The molecule has 0 radical (unpaired) electrons. The van der Waals surface area contributed by atoms with Crippen LogP contribution in [-0.4, -0.2) is 15.1 Å². The number of fused-ring (bicyclic) bond motifs is 1. The van der Waals surface area contributed by atoms with E-state index in [4.69, 9.17) is 5.73 Å². The average Bonchev–Trinajstić information content (AvgIpc) is 2.87. The predicted molar refractivity (Wildman–Crippen MR) is 72.6 cm³/mol. The Morgan fingerprint density at radius 2 is 2.22 bits per heavy atom. The van der Waals surface area contributed by atoms with Gasteiger partial charge in [0.05, 0.1) is 10.5 Å². The summed E-state index contributed by atoms with van der Waals surface area (Å²) in [6, 6.07) is 6.70. The van der Waals surface area contributed by atoms with Gasteiger partial charge in [-0.2, -0.15) is 0 Å². The molecule has 0 aromatic heterocycles. The number of para-hydroxylation sites is 1. The van der Waals surface area contributed by atoms with Crippen LogP contribution in [0.25, 0.3) is 0 Å².